The zero-order chi connectivity index (χ0) is 23.5. The maximum absolute atomic E-state index is 11.5. The number of benzene rings is 3. The lowest BCUT2D eigenvalue weighted by Crippen LogP contribution is -3.00. The Hall–Kier alpha value is -4.42. The summed E-state index contributed by atoms with van der Waals surface area (Å²) >= 11 is 0. The van der Waals surface area contributed by atoms with Gasteiger partial charge in [-0.1, -0.05) is 30.3 Å². The predicted octanol–water partition coefficient (Wildman–Crippen LogP) is 1.23. The zero-order valence-electron chi connectivity index (χ0n) is 18.7. The van der Waals surface area contributed by atoms with Gasteiger partial charge in [0.05, 0.1) is 5.70 Å². The van der Waals surface area contributed by atoms with Crippen molar-refractivity contribution in [2.45, 2.75) is 6.92 Å². The van der Waals surface area contributed by atoms with Crippen LogP contribution in [0.2, 0.25) is 0 Å². The molecule has 0 atom stereocenters. The number of allylic oxidation sites excluding steroid dienone is 1. The van der Waals surface area contributed by atoms with E-state index in [1.165, 1.54) is 12.1 Å². The second-order valence-electron chi connectivity index (χ2n) is 7.85. The second kappa shape index (κ2) is 10.2. The largest absolute Gasteiger partial charge is 1.00 e. The lowest BCUT2D eigenvalue weighted by Gasteiger charge is -2.13. The van der Waals surface area contributed by atoms with Gasteiger partial charge < -0.3 is 26.6 Å². The van der Waals surface area contributed by atoms with E-state index in [2.05, 4.69) is 10.3 Å². The number of anilines is 1. The second-order valence-corrected chi connectivity index (χ2v) is 7.85. The van der Waals surface area contributed by atoms with Crippen LogP contribution < -0.4 is 34.0 Å². The molecule has 0 saturated carbocycles. The normalized spacial score (nSPS) is 11.9. The molecule has 0 amide bonds. The van der Waals surface area contributed by atoms with Gasteiger partial charge >= 0.3 is 11.3 Å². The summed E-state index contributed by atoms with van der Waals surface area (Å²) < 4.78 is 10.4. The molecule has 0 aliphatic heterocycles. The van der Waals surface area contributed by atoms with E-state index in [4.69, 9.17) is 8.83 Å². The molecule has 2 aromatic heterocycles. The third-order valence-electron chi connectivity index (χ3n) is 5.42. The molecule has 2 heterocycles. The Labute approximate surface area is 206 Å². The van der Waals surface area contributed by atoms with Crippen molar-refractivity contribution in [3.8, 4) is 0 Å². The standard InChI is InChI=1S/C28H20N2O4.ClH/c1-18(17-29-22-9-11-24-20(15-22)7-13-26(31)33-24)28(19-5-3-2-4-6-19)30-23-10-12-25-21(16-23)8-14-27(32)34-25;/h2-17,30H,1H3;1H/b28-18-,29-17?;. The summed E-state index contributed by atoms with van der Waals surface area (Å²) in [5.41, 5.74) is 5.02. The fraction of sp³-hybridized carbons (Fsp3) is 0.0357. The van der Waals surface area contributed by atoms with E-state index in [-0.39, 0.29) is 23.7 Å². The highest BCUT2D eigenvalue weighted by molar-refractivity contribution is 5.93. The van der Waals surface area contributed by atoms with Gasteiger partial charge in [-0.25, -0.2) is 14.6 Å². The summed E-state index contributed by atoms with van der Waals surface area (Å²) in [5.74, 6) is 0. The molecule has 0 spiro atoms. The predicted molar refractivity (Wildman–Crippen MR) is 134 cm³/mol. The molecular weight excluding hydrogens is 464 g/mol. The van der Waals surface area contributed by atoms with Crippen LogP contribution in [0.5, 0.6) is 0 Å². The first-order chi connectivity index (χ1) is 16.5. The number of nitrogens with one attached hydrogen (secondary N) is 2. The number of hydrogen-bond acceptors (Lipinski definition) is 5. The third kappa shape index (κ3) is 5.39. The molecule has 0 unspecified atom stereocenters. The Balaban J connectivity index is 0.00000289. The monoisotopic (exact) mass is 484 g/mol. The zero-order valence-corrected chi connectivity index (χ0v) is 19.5. The maximum atomic E-state index is 11.5. The molecule has 0 saturated heterocycles. The summed E-state index contributed by atoms with van der Waals surface area (Å²) in [5, 5.41) is 5.18. The molecule has 0 bridgehead atoms. The van der Waals surface area contributed by atoms with Crippen LogP contribution >= 0.6 is 0 Å². The van der Waals surface area contributed by atoms with Gasteiger partial charge in [0, 0.05) is 46.3 Å². The molecule has 5 rings (SSSR count). The highest BCUT2D eigenvalue weighted by Crippen LogP contribution is 2.24. The minimum atomic E-state index is -0.370. The molecule has 7 heteroatoms. The fourth-order valence-corrected chi connectivity index (χ4v) is 3.72. The molecular formula is C28H21ClN2O4. The average Bonchev–Trinajstić information content (AvgIpc) is 2.86. The molecule has 5 aromatic rings. The Morgan fingerprint density at radius 2 is 1.40 bits per heavy atom. The molecule has 174 valence electrons. The van der Waals surface area contributed by atoms with Crippen LogP contribution in [0.4, 0.5) is 11.4 Å². The molecule has 35 heavy (non-hydrogen) atoms. The van der Waals surface area contributed by atoms with Crippen molar-refractivity contribution in [1.82, 2.24) is 0 Å². The fourth-order valence-electron chi connectivity index (χ4n) is 3.72. The number of halogens is 1. The quantitative estimate of drug-likeness (QED) is 0.289. The van der Waals surface area contributed by atoms with Crippen LogP contribution in [0.3, 0.4) is 0 Å². The highest BCUT2D eigenvalue weighted by Gasteiger charge is 2.09. The van der Waals surface area contributed by atoms with Gasteiger partial charge in [0.2, 0.25) is 5.69 Å². The maximum Gasteiger partial charge on any atom is 0.336 e. The first-order valence-corrected chi connectivity index (χ1v) is 10.8. The topological polar surface area (TPSA) is 86.4 Å². The first kappa shape index (κ1) is 23.7. The smallest absolute Gasteiger partial charge is 0.336 e. The minimum Gasteiger partial charge on any atom is -1.00 e. The number of hydrogen-bond donors (Lipinski definition) is 2. The lowest BCUT2D eigenvalue weighted by molar-refractivity contribution is -0.346. The van der Waals surface area contributed by atoms with E-state index < -0.39 is 0 Å². The van der Waals surface area contributed by atoms with Gasteiger partial charge in [0.1, 0.15) is 11.2 Å². The Kier molecular flexibility index (Phi) is 6.94. The van der Waals surface area contributed by atoms with Crippen molar-refractivity contribution in [2.75, 3.05) is 5.32 Å². The van der Waals surface area contributed by atoms with Gasteiger partial charge in [-0.05, 0) is 48.9 Å². The molecule has 0 aliphatic carbocycles. The molecule has 6 nitrogen and oxygen atoms in total. The van der Waals surface area contributed by atoms with Crippen molar-refractivity contribution in [2.24, 2.45) is 0 Å². The SMILES string of the molecule is C/C(C=[NH+]c1ccc2oc(=O)ccc2c1)=C(/Nc1ccc2oc(=O)ccc2c1)c1ccccc1.[Cl-]. The van der Waals surface area contributed by atoms with Crippen LogP contribution in [0, 0.1) is 0 Å². The van der Waals surface area contributed by atoms with Gasteiger partial charge in [-0.3, -0.25) is 0 Å². The van der Waals surface area contributed by atoms with E-state index in [9.17, 15) is 9.59 Å². The van der Waals surface area contributed by atoms with Crippen molar-refractivity contribution < 1.29 is 26.2 Å². The molecule has 0 aliphatic rings. The van der Waals surface area contributed by atoms with Gasteiger partial charge in [0.15, 0.2) is 6.21 Å². The molecule has 0 fully saturated rings. The van der Waals surface area contributed by atoms with Crippen LogP contribution in [0.25, 0.3) is 27.6 Å². The van der Waals surface area contributed by atoms with E-state index in [0.717, 1.165) is 39.0 Å². The van der Waals surface area contributed by atoms with Crippen LogP contribution in [0.15, 0.2) is 115 Å². The van der Waals surface area contributed by atoms with E-state index in [1.54, 1.807) is 24.3 Å². The molecule has 0 radical (unpaired) electrons. The van der Waals surface area contributed by atoms with Gasteiger partial charge in [0.25, 0.3) is 0 Å². The highest BCUT2D eigenvalue weighted by atomic mass is 35.5. The van der Waals surface area contributed by atoms with Crippen molar-refractivity contribution >= 4 is 45.2 Å². The summed E-state index contributed by atoms with van der Waals surface area (Å²) in [7, 11) is 0. The van der Waals surface area contributed by atoms with Crippen molar-refractivity contribution in [1.29, 1.82) is 0 Å². The summed E-state index contributed by atoms with van der Waals surface area (Å²) in [6.45, 7) is 2.02. The van der Waals surface area contributed by atoms with Gasteiger partial charge in [-0.2, -0.15) is 0 Å². The third-order valence-corrected chi connectivity index (χ3v) is 5.42. The van der Waals surface area contributed by atoms with Crippen molar-refractivity contribution in [3.63, 3.8) is 0 Å². The van der Waals surface area contributed by atoms with Crippen LogP contribution in [0.1, 0.15) is 12.5 Å². The summed E-state index contributed by atoms with van der Waals surface area (Å²) in [6, 6.07) is 27.5. The molecule has 2 N–H and O–H groups in total. The van der Waals surface area contributed by atoms with E-state index in [1.807, 2.05) is 67.7 Å². The van der Waals surface area contributed by atoms with Crippen LogP contribution in [-0.4, -0.2) is 6.21 Å². The van der Waals surface area contributed by atoms with Crippen molar-refractivity contribution in [3.05, 3.63) is 123 Å². The Morgan fingerprint density at radius 1 is 0.771 bits per heavy atom. The molecule has 3 aromatic carbocycles. The Morgan fingerprint density at radius 3 is 2.09 bits per heavy atom. The lowest BCUT2D eigenvalue weighted by atomic mass is 10.1. The van der Waals surface area contributed by atoms with E-state index >= 15 is 0 Å². The summed E-state index contributed by atoms with van der Waals surface area (Å²) in [4.78, 5) is 26.2. The van der Waals surface area contributed by atoms with Gasteiger partial charge in [-0.15, -0.1) is 0 Å². The average molecular weight is 485 g/mol. The number of rotatable bonds is 5. The number of fused-ring (bicyclic) bond motifs is 2. The first-order valence-electron chi connectivity index (χ1n) is 10.8. The van der Waals surface area contributed by atoms with E-state index in [0.29, 0.717) is 11.2 Å². The van der Waals surface area contributed by atoms with Crippen LogP contribution in [-0.2, 0) is 0 Å². The minimum absolute atomic E-state index is 0. The summed E-state index contributed by atoms with van der Waals surface area (Å²) in [6.07, 6.45) is 1.93. The Bertz CT molecular complexity index is 1680.